The van der Waals surface area contributed by atoms with Gasteiger partial charge in [-0.1, -0.05) is 51.1 Å². The Bertz CT molecular complexity index is 1510. The molecule has 3 atom stereocenters. The van der Waals surface area contributed by atoms with Crippen molar-refractivity contribution in [1.82, 2.24) is 30.2 Å². The number of hydrogen-bond donors (Lipinski definition) is 2. The molecule has 45 heavy (non-hydrogen) atoms. The van der Waals surface area contributed by atoms with Gasteiger partial charge in [0.15, 0.2) is 0 Å². The summed E-state index contributed by atoms with van der Waals surface area (Å²) in [4.78, 5) is 34.8. The van der Waals surface area contributed by atoms with Crippen molar-refractivity contribution >= 4 is 17.8 Å². The van der Waals surface area contributed by atoms with E-state index in [9.17, 15) is 31.5 Å². The molecule has 1 aromatic carbocycles. The van der Waals surface area contributed by atoms with Gasteiger partial charge in [0, 0.05) is 37.1 Å². The molecule has 2 aliphatic rings. The van der Waals surface area contributed by atoms with E-state index in [1.807, 2.05) is 39.0 Å². The van der Waals surface area contributed by atoms with Crippen molar-refractivity contribution in [3.63, 3.8) is 0 Å². The topological polar surface area (TPSA) is 111 Å². The van der Waals surface area contributed by atoms with E-state index in [1.165, 1.54) is 10.7 Å². The van der Waals surface area contributed by atoms with Crippen LogP contribution in [-0.2, 0) is 28.0 Å². The first-order chi connectivity index (χ1) is 21.1. The van der Waals surface area contributed by atoms with Gasteiger partial charge in [0.1, 0.15) is 6.61 Å². The summed E-state index contributed by atoms with van der Waals surface area (Å²) in [5.41, 5.74) is 1.34. The lowest BCUT2D eigenvalue weighted by Crippen LogP contribution is -2.47. The summed E-state index contributed by atoms with van der Waals surface area (Å²) in [5.74, 6) is -6.08. The third-order valence-electron chi connectivity index (χ3n) is 8.52. The van der Waals surface area contributed by atoms with Crippen LogP contribution in [0.4, 0.5) is 26.7 Å². The van der Waals surface area contributed by atoms with E-state index in [0.717, 1.165) is 5.56 Å². The predicted molar refractivity (Wildman–Crippen MR) is 153 cm³/mol. The highest BCUT2D eigenvalue weighted by Gasteiger charge is 2.45. The van der Waals surface area contributed by atoms with Gasteiger partial charge in [-0.15, -0.1) is 0 Å². The highest BCUT2D eigenvalue weighted by atomic mass is 19.4. The molecule has 2 aromatic heterocycles. The Morgan fingerprint density at radius 3 is 2.47 bits per heavy atom. The number of fused-ring (bicyclic) bond motifs is 1. The highest BCUT2D eigenvalue weighted by molar-refractivity contribution is 5.79. The van der Waals surface area contributed by atoms with Gasteiger partial charge in [-0.3, -0.25) is 4.79 Å². The van der Waals surface area contributed by atoms with Gasteiger partial charge >= 0.3 is 12.3 Å². The van der Waals surface area contributed by atoms with Gasteiger partial charge in [-0.05, 0) is 30.7 Å². The fraction of sp³-hybridized carbons (Fsp3) is 0.581. The minimum atomic E-state index is -4.44. The molecule has 1 aliphatic carbocycles. The number of aromatic nitrogens is 4. The first-order valence-corrected chi connectivity index (χ1v) is 15.1. The molecular weight excluding hydrogens is 599 g/mol. The summed E-state index contributed by atoms with van der Waals surface area (Å²) >= 11 is 0. The van der Waals surface area contributed by atoms with E-state index in [4.69, 9.17) is 9.72 Å². The highest BCUT2D eigenvalue weighted by Crippen LogP contribution is 2.41. The number of nitrogens with one attached hydrogen (secondary N) is 2. The minimum Gasteiger partial charge on any atom is -0.445 e. The molecule has 0 spiro atoms. The van der Waals surface area contributed by atoms with E-state index in [-0.39, 0.29) is 56.8 Å². The lowest BCUT2D eigenvalue weighted by atomic mass is 9.81. The Balaban J connectivity index is 1.44. The van der Waals surface area contributed by atoms with Crippen molar-refractivity contribution in [2.45, 2.75) is 89.5 Å². The molecule has 1 aliphatic heterocycles. The number of alkyl carbamates (subject to hydrolysis) is 1. The van der Waals surface area contributed by atoms with Gasteiger partial charge in [0.25, 0.3) is 5.78 Å². The number of ether oxygens (including phenoxy) is 1. The second kappa shape index (κ2) is 12.5. The molecule has 3 aromatic rings. The molecular formula is C31H37F5N6O3. The Labute approximate surface area is 257 Å². The molecule has 0 radical (unpaired) electrons. The number of alkyl halides is 5. The number of benzene rings is 1. The first-order valence-electron chi connectivity index (χ1n) is 15.1. The van der Waals surface area contributed by atoms with E-state index >= 15 is 0 Å². The molecule has 5 rings (SSSR count). The molecule has 14 heteroatoms. The van der Waals surface area contributed by atoms with Gasteiger partial charge in [0.05, 0.1) is 35.2 Å². The van der Waals surface area contributed by atoms with Crippen LogP contribution in [0.1, 0.15) is 81.6 Å². The smallest absolute Gasteiger partial charge is 0.408 e. The van der Waals surface area contributed by atoms with Crippen LogP contribution in [0.25, 0.3) is 5.78 Å². The summed E-state index contributed by atoms with van der Waals surface area (Å²) in [5, 5.41) is 9.84. The summed E-state index contributed by atoms with van der Waals surface area (Å²) in [6.07, 6.45) is -4.46. The van der Waals surface area contributed by atoms with Gasteiger partial charge < -0.3 is 15.4 Å². The molecule has 9 nitrogen and oxygen atoms in total. The van der Waals surface area contributed by atoms with Crippen molar-refractivity contribution in [2.24, 2.45) is 17.8 Å². The zero-order chi connectivity index (χ0) is 32.6. The number of nitrogens with zero attached hydrogens (tertiary/aromatic N) is 4. The second-order valence-corrected chi connectivity index (χ2v) is 13.1. The number of piperidine rings is 1. The minimum absolute atomic E-state index is 0.0126. The molecule has 244 valence electrons. The van der Waals surface area contributed by atoms with Crippen LogP contribution in [0.15, 0.2) is 36.5 Å². The van der Waals surface area contributed by atoms with Crippen LogP contribution < -0.4 is 10.6 Å². The SMILES string of the molecule is CC(C)(C)c1nc2nc([C@@H](NC(=O)OCc3ccccc3)C3CCC(F)(F)CC3)cn2nc1C[C@H]1C[C@H](C(F)(F)F)CNC1=O. The summed E-state index contributed by atoms with van der Waals surface area (Å²) in [6, 6.07) is 8.28. The molecule has 2 amide bonds. The van der Waals surface area contributed by atoms with Crippen LogP contribution in [0, 0.1) is 17.8 Å². The lowest BCUT2D eigenvalue weighted by Gasteiger charge is -2.33. The largest absolute Gasteiger partial charge is 0.445 e. The fourth-order valence-electron chi connectivity index (χ4n) is 6.04. The second-order valence-electron chi connectivity index (χ2n) is 13.1. The van der Waals surface area contributed by atoms with Crippen molar-refractivity contribution in [2.75, 3.05) is 6.54 Å². The van der Waals surface area contributed by atoms with Gasteiger partial charge in [-0.2, -0.15) is 18.3 Å². The van der Waals surface area contributed by atoms with Crippen LogP contribution in [0.5, 0.6) is 0 Å². The quantitative estimate of drug-likeness (QED) is 0.305. The molecule has 3 heterocycles. The monoisotopic (exact) mass is 636 g/mol. The third kappa shape index (κ3) is 7.88. The molecule has 1 saturated heterocycles. The molecule has 1 saturated carbocycles. The Morgan fingerprint density at radius 2 is 1.82 bits per heavy atom. The van der Waals surface area contributed by atoms with Crippen molar-refractivity contribution < 1.29 is 36.3 Å². The average molecular weight is 637 g/mol. The zero-order valence-corrected chi connectivity index (χ0v) is 25.3. The summed E-state index contributed by atoms with van der Waals surface area (Å²) < 4.78 is 75.3. The lowest BCUT2D eigenvalue weighted by molar-refractivity contribution is -0.183. The Morgan fingerprint density at radius 1 is 1.13 bits per heavy atom. The maximum atomic E-state index is 14.0. The number of hydrogen-bond acceptors (Lipinski definition) is 6. The third-order valence-corrected chi connectivity index (χ3v) is 8.52. The van der Waals surface area contributed by atoms with Crippen LogP contribution in [-0.4, -0.2) is 50.2 Å². The fourth-order valence-corrected chi connectivity index (χ4v) is 6.04. The number of rotatable bonds is 7. The van der Waals surface area contributed by atoms with Crippen LogP contribution >= 0.6 is 0 Å². The van der Waals surface area contributed by atoms with Gasteiger partial charge in [-0.25, -0.2) is 28.1 Å². The molecule has 0 bridgehead atoms. The van der Waals surface area contributed by atoms with Crippen molar-refractivity contribution in [1.29, 1.82) is 0 Å². The van der Waals surface area contributed by atoms with Crippen LogP contribution in [0.3, 0.4) is 0 Å². The molecule has 2 N–H and O–H groups in total. The van der Waals surface area contributed by atoms with Crippen molar-refractivity contribution in [3.05, 3.63) is 59.2 Å². The Kier molecular flexibility index (Phi) is 9.05. The summed E-state index contributed by atoms with van der Waals surface area (Å²) in [7, 11) is 0. The molecule has 2 fully saturated rings. The first kappa shape index (κ1) is 32.6. The normalized spacial score (nSPS) is 21.7. The number of halogens is 5. The van der Waals surface area contributed by atoms with E-state index in [0.29, 0.717) is 17.1 Å². The number of imidazole rings is 1. The zero-order valence-electron chi connectivity index (χ0n) is 25.3. The number of amides is 2. The van der Waals surface area contributed by atoms with E-state index < -0.39 is 53.9 Å². The predicted octanol–water partition coefficient (Wildman–Crippen LogP) is 6.07. The van der Waals surface area contributed by atoms with E-state index in [2.05, 4.69) is 20.7 Å². The average Bonchev–Trinajstić information content (AvgIpc) is 3.38. The summed E-state index contributed by atoms with van der Waals surface area (Å²) in [6.45, 7) is 5.16. The van der Waals surface area contributed by atoms with Crippen LogP contribution in [0.2, 0.25) is 0 Å². The maximum Gasteiger partial charge on any atom is 0.408 e. The number of carbonyl (C=O) groups excluding carboxylic acids is 2. The molecule has 0 unspecified atom stereocenters. The standard InChI is InChI=1S/C31H37F5N6O3/c1-29(2,3)25-22(14-20-13-21(31(34,35)36)15-37-26(20)43)41-42-16-23(38-27(42)40-25)24(19-9-11-30(32,33)12-10-19)39-28(44)45-17-18-7-5-4-6-8-18/h4-8,16,19-21,24H,9-15,17H2,1-3H3,(H,37,43)(H,39,44)/t20-,21+,24+/m1/s1. The van der Waals surface area contributed by atoms with Gasteiger partial charge in [0.2, 0.25) is 11.8 Å². The number of carbonyl (C=O) groups is 2. The maximum absolute atomic E-state index is 14.0. The Hall–Kier alpha value is -3.84. The van der Waals surface area contributed by atoms with Crippen molar-refractivity contribution in [3.8, 4) is 0 Å². The van der Waals surface area contributed by atoms with E-state index in [1.54, 1.807) is 12.1 Å².